The van der Waals surface area contributed by atoms with Crippen LogP contribution in [-0.2, 0) is 17.1 Å². The summed E-state index contributed by atoms with van der Waals surface area (Å²) in [6.45, 7) is 2.27. The van der Waals surface area contributed by atoms with Gasteiger partial charge < -0.3 is 65.8 Å². The zero-order chi connectivity index (χ0) is 90.8. The molecule has 25 heteroatoms. The first-order chi connectivity index (χ1) is 63.5. The molecular weight excluding hydrogens is 1810 g/mol. The van der Waals surface area contributed by atoms with Crippen molar-refractivity contribution in [2.75, 3.05) is 98.9 Å². The van der Waals surface area contributed by atoms with Crippen molar-refractivity contribution in [2.24, 2.45) is 0 Å². The van der Waals surface area contributed by atoms with Gasteiger partial charge in [-0.25, -0.2) is 15.0 Å². The molecule has 8 N–H and O–H groups in total. The maximum Gasteiger partial charge on any atom is 2.00 e. The van der Waals surface area contributed by atoms with Crippen LogP contribution in [-0.4, -0.2) is 170 Å². The number of unbranched alkanes of at least 4 members (excludes halogenated alkanes) is 64. The van der Waals surface area contributed by atoms with Crippen LogP contribution in [0.15, 0.2) is 19.6 Å². The molecule has 2 aliphatic rings. The molecule has 129 heavy (non-hydrogen) atoms. The predicted octanol–water partition coefficient (Wildman–Crippen LogP) is 30.1. The van der Waals surface area contributed by atoms with Crippen molar-refractivity contribution in [3.8, 4) is 0 Å². The Morgan fingerprint density at radius 1 is 0.140 bits per heavy atom. The first-order valence-electron chi connectivity index (χ1n) is 53.0. The maximum atomic E-state index is 9.46. The third-order valence-corrected chi connectivity index (χ3v) is 34.4. The number of fused-ring (bicyclic) bond motifs is 8. The molecule has 1 radical (unpaired) electrons. The monoisotopic (exact) mass is 1990 g/mol. The molecule has 0 fully saturated rings. The Morgan fingerprint density at radius 3 is 0.403 bits per heavy atom. The second-order valence-corrected chi connectivity index (χ2v) is 45.0. The molecule has 5 heterocycles. The van der Waals surface area contributed by atoms with Crippen LogP contribution in [0.3, 0.4) is 0 Å². The SMILES string of the molecule is OCCCCCCCCCCCSC1=C(SCCCCCCCCCCCO)c2nc1nc1nc(nc3[n-]c(nc4[n-]c(n2)c(SCCCCCCCCCCCO)c4SCCCCCCCCCCCO)c(SCCCCCCCCCCCO)c3SCCCCCCCCCCCO)C(SCCCCCCCCCCCO)=C1SCCCCCCCCCCCO.[Cu+2]. The van der Waals surface area contributed by atoms with E-state index in [1.165, 1.54) is 308 Å². The summed E-state index contributed by atoms with van der Waals surface area (Å²) >= 11 is 15.4. The Bertz CT molecular complexity index is 3130. The van der Waals surface area contributed by atoms with Crippen LogP contribution in [0.4, 0.5) is 0 Å². The second kappa shape index (κ2) is 88.7. The van der Waals surface area contributed by atoms with Crippen molar-refractivity contribution in [3.63, 3.8) is 0 Å². The molecule has 0 aromatic carbocycles. The van der Waals surface area contributed by atoms with Gasteiger partial charge in [-0.1, -0.05) is 360 Å². The second-order valence-electron chi connectivity index (χ2n) is 36.1. The van der Waals surface area contributed by atoms with Crippen molar-refractivity contribution in [1.82, 2.24) is 39.9 Å². The predicted molar refractivity (Wildman–Crippen MR) is 566 cm³/mol. The van der Waals surface area contributed by atoms with E-state index in [1.807, 2.05) is 94.1 Å². The number of aliphatic hydroxyl groups excluding tert-OH is 8. The summed E-state index contributed by atoms with van der Waals surface area (Å²) in [6, 6.07) is 0. The van der Waals surface area contributed by atoms with E-state index in [-0.39, 0.29) is 69.9 Å². The fourth-order valence-electron chi connectivity index (χ4n) is 16.7. The van der Waals surface area contributed by atoms with Gasteiger partial charge in [-0.2, -0.15) is 0 Å². The molecule has 0 aliphatic carbocycles. The van der Waals surface area contributed by atoms with Crippen LogP contribution in [0.2, 0.25) is 0 Å². The van der Waals surface area contributed by atoms with Crippen molar-refractivity contribution in [1.29, 1.82) is 0 Å². The van der Waals surface area contributed by atoms with Crippen molar-refractivity contribution < 1.29 is 57.9 Å². The van der Waals surface area contributed by atoms with Gasteiger partial charge in [0.15, 0.2) is 11.6 Å². The topological polar surface area (TPSA) is 267 Å². The van der Waals surface area contributed by atoms with Gasteiger partial charge in [0.2, 0.25) is 0 Å². The minimum atomic E-state index is 0. The van der Waals surface area contributed by atoms with Gasteiger partial charge in [0.05, 0.1) is 19.6 Å². The standard InChI is InChI=1S/C104H184N8O8S8.Cu/c113-73-57-41-25-9-1-17-33-49-65-81-121-89-90(122-82-66-50-34-18-2-10-26-42-58-74-114)98-105-97(89)109-99-91(123-83-67-51-35-19-3-11-27-43-59-75-115)92(124-84-68-52-36-20-4-12-28-44-60-76-116)101(106-99)111-103-95(127-87-71-55-39-23-7-15-31-47-63-79-119)96(128-88-72-56-40-24-8-16-32-48-64-80-120)104(108-103)112-102-94(126-86-70-54-38-22-6-14-30-46-62-78-118)93(100(107-102)110-98)125-85-69-53-37-21-5-13-29-45-61-77-117;/h113-120H,1-88H2;/q-2;+2. The van der Waals surface area contributed by atoms with Gasteiger partial charge in [0.25, 0.3) is 0 Å². The van der Waals surface area contributed by atoms with Crippen LogP contribution in [0.5, 0.6) is 0 Å². The molecule has 3 aromatic heterocycles. The summed E-state index contributed by atoms with van der Waals surface area (Å²) in [6.07, 6.45) is 83.0. The molecule has 0 amide bonds. The molecule has 8 bridgehead atoms. The minimum absolute atomic E-state index is 0. The Morgan fingerprint density at radius 2 is 0.256 bits per heavy atom. The van der Waals surface area contributed by atoms with Crippen molar-refractivity contribution in [2.45, 2.75) is 482 Å². The van der Waals surface area contributed by atoms with Crippen LogP contribution >= 0.6 is 94.1 Å². The number of aromatic nitrogens is 8. The molecule has 3 aromatic rings. The fraction of sp³-hybridized carbons (Fsp3) is 0.846. The summed E-state index contributed by atoms with van der Waals surface area (Å²) in [7, 11) is 0. The van der Waals surface area contributed by atoms with Crippen molar-refractivity contribution >= 4 is 136 Å². The molecular formula is C104H184CuN8O8S8. The van der Waals surface area contributed by atoms with Crippen LogP contribution in [0, 0.1) is 0 Å². The molecule has 2 aliphatic heterocycles. The van der Waals surface area contributed by atoms with E-state index in [4.69, 9.17) is 39.9 Å². The molecule has 747 valence electrons. The fourth-order valence-corrected chi connectivity index (χ4v) is 26.0. The molecule has 0 saturated heterocycles. The van der Waals surface area contributed by atoms with E-state index in [0.717, 1.165) is 239 Å². The quantitative estimate of drug-likeness (QED) is 0.0148. The summed E-state index contributed by atoms with van der Waals surface area (Å²) < 4.78 is 0. The van der Waals surface area contributed by atoms with E-state index in [2.05, 4.69) is 0 Å². The Labute approximate surface area is 831 Å². The Kier molecular flexibility index (Phi) is 83.0. The molecule has 0 saturated carbocycles. The first-order valence-corrected chi connectivity index (χ1v) is 60.9. The normalized spacial score (nSPS) is 12.4. The molecule has 16 nitrogen and oxygen atoms in total. The van der Waals surface area contributed by atoms with Gasteiger partial charge in [-0.3, -0.25) is 0 Å². The summed E-state index contributed by atoms with van der Waals surface area (Å²) in [5, 5.41) is 75.7. The van der Waals surface area contributed by atoms with Gasteiger partial charge in [0, 0.05) is 95.0 Å². The van der Waals surface area contributed by atoms with E-state index in [0.29, 0.717) is 45.9 Å². The zero-order valence-electron chi connectivity index (χ0n) is 80.9. The number of aliphatic hydroxyl groups is 8. The number of hydrogen-bond acceptors (Lipinski definition) is 22. The Balaban J connectivity index is 0.0000348. The van der Waals surface area contributed by atoms with E-state index >= 15 is 0 Å². The maximum absolute atomic E-state index is 9.46. The van der Waals surface area contributed by atoms with E-state index in [9.17, 15) is 40.9 Å². The van der Waals surface area contributed by atoms with E-state index < -0.39 is 0 Å². The van der Waals surface area contributed by atoms with Gasteiger partial charge in [-0.15, -0.1) is 94.1 Å². The number of nitrogens with zero attached hydrogens (tertiary/aromatic N) is 8. The van der Waals surface area contributed by atoms with Crippen molar-refractivity contribution in [3.05, 3.63) is 23.3 Å². The molecule has 5 rings (SSSR count). The average molecular weight is 1990 g/mol. The minimum Gasteiger partial charge on any atom is -0.396 e. The molecule has 0 atom stereocenters. The van der Waals surface area contributed by atoms with Gasteiger partial charge in [-0.05, 0) is 149 Å². The van der Waals surface area contributed by atoms with Gasteiger partial charge >= 0.3 is 17.1 Å². The number of rotatable bonds is 96. The number of hydrogen-bond donors (Lipinski definition) is 8. The summed E-state index contributed by atoms with van der Waals surface area (Å²) in [4.78, 5) is 55.9. The van der Waals surface area contributed by atoms with Crippen LogP contribution in [0.1, 0.15) is 486 Å². The summed E-state index contributed by atoms with van der Waals surface area (Å²) in [5.41, 5.74) is 2.81. The van der Waals surface area contributed by atoms with Crippen LogP contribution in [0.25, 0.3) is 42.2 Å². The van der Waals surface area contributed by atoms with E-state index in [1.54, 1.807) is 0 Å². The third-order valence-electron chi connectivity index (χ3n) is 24.5. The molecule has 0 spiro atoms. The molecule has 0 unspecified atom stereocenters. The smallest absolute Gasteiger partial charge is 0.396 e. The Hall–Kier alpha value is -0.681. The number of thioether (sulfide) groups is 8. The first kappa shape index (κ1) is 121. The average Bonchev–Trinajstić information content (AvgIpc) is 1.61. The van der Waals surface area contributed by atoms with Crippen LogP contribution < -0.4 is 9.97 Å². The third kappa shape index (κ3) is 59.5. The van der Waals surface area contributed by atoms with Gasteiger partial charge in [0.1, 0.15) is 11.6 Å². The largest absolute Gasteiger partial charge is 2.00 e. The summed E-state index contributed by atoms with van der Waals surface area (Å²) in [5.74, 6) is 10.3. The zero-order valence-corrected chi connectivity index (χ0v) is 88.4.